The van der Waals surface area contributed by atoms with Crippen LogP contribution in [0.5, 0.6) is 0 Å². The second-order valence-corrected chi connectivity index (χ2v) is 5.68. The van der Waals surface area contributed by atoms with Gasteiger partial charge in [0, 0.05) is 0 Å². The fourth-order valence-corrected chi connectivity index (χ4v) is 3.16. The van der Waals surface area contributed by atoms with Crippen molar-refractivity contribution in [2.45, 2.75) is 64.9 Å². The molecule has 0 spiro atoms. The highest BCUT2D eigenvalue weighted by molar-refractivity contribution is 5.71. The first-order chi connectivity index (χ1) is 7.93. The van der Waals surface area contributed by atoms with Gasteiger partial charge in [-0.2, -0.15) is 0 Å². The van der Waals surface area contributed by atoms with E-state index in [1.807, 2.05) is 6.92 Å². The van der Waals surface area contributed by atoms with Gasteiger partial charge in [-0.3, -0.25) is 4.79 Å². The summed E-state index contributed by atoms with van der Waals surface area (Å²) in [5.41, 5.74) is -1.00. The van der Waals surface area contributed by atoms with E-state index in [1.165, 1.54) is 0 Å². The van der Waals surface area contributed by atoms with E-state index in [0.717, 1.165) is 25.7 Å². The smallest absolute Gasteiger partial charge is 0.309 e. The third-order valence-electron chi connectivity index (χ3n) is 4.63. The first-order valence-corrected chi connectivity index (χ1v) is 6.88. The molecular formula is C14H26O3. The third-order valence-corrected chi connectivity index (χ3v) is 4.63. The van der Waals surface area contributed by atoms with E-state index in [0.29, 0.717) is 18.8 Å². The van der Waals surface area contributed by atoms with Crippen LogP contribution in [-0.2, 0) is 4.79 Å². The Bertz CT molecular complexity index is 264. The van der Waals surface area contributed by atoms with Crippen molar-refractivity contribution < 1.29 is 15.0 Å². The largest absolute Gasteiger partial charge is 0.481 e. The van der Waals surface area contributed by atoms with Gasteiger partial charge in [0.2, 0.25) is 0 Å². The molecule has 0 aromatic carbocycles. The zero-order chi connectivity index (χ0) is 13.1. The fourth-order valence-electron chi connectivity index (χ4n) is 3.16. The van der Waals surface area contributed by atoms with Crippen LogP contribution in [0.25, 0.3) is 0 Å². The van der Waals surface area contributed by atoms with Gasteiger partial charge >= 0.3 is 5.97 Å². The lowest BCUT2D eigenvalue weighted by Crippen LogP contribution is -2.51. The molecule has 0 radical (unpaired) electrons. The van der Waals surface area contributed by atoms with Gasteiger partial charge in [-0.25, -0.2) is 0 Å². The number of aliphatic hydroxyl groups is 1. The highest BCUT2D eigenvalue weighted by Gasteiger charge is 2.48. The molecule has 0 heterocycles. The summed E-state index contributed by atoms with van der Waals surface area (Å²) >= 11 is 0. The average Bonchev–Trinajstić information content (AvgIpc) is 2.26. The SMILES string of the molecule is CCCCC(C(=O)O)C1(O)CCCC(C)C1C. The lowest BCUT2D eigenvalue weighted by molar-refractivity contribution is -0.165. The van der Waals surface area contributed by atoms with Gasteiger partial charge in [0.05, 0.1) is 11.5 Å². The highest BCUT2D eigenvalue weighted by atomic mass is 16.4. The zero-order valence-electron chi connectivity index (χ0n) is 11.3. The molecule has 1 aliphatic carbocycles. The molecule has 0 aliphatic heterocycles. The molecule has 0 amide bonds. The Morgan fingerprint density at radius 2 is 2.12 bits per heavy atom. The van der Waals surface area contributed by atoms with Gasteiger partial charge < -0.3 is 10.2 Å². The van der Waals surface area contributed by atoms with Crippen molar-refractivity contribution in [2.75, 3.05) is 0 Å². The Morgan fingerprint density at radius 1 is 1.47 bits per heavy atom. The minimum absolute atomic E-state index is 0.0780. The molecule has 1 aliphatic rings. The molecule has 0 bridgehead atoms. The van der Waals surface area contributed by atoms with Crippen LogP contribution < -0.4 is 0 Å². The van der Waals surface area contributed by atoms with Crippen LogP contribution in [0.3, 0.4) is 0 Å². The Hall–Kier alpha value is -0.570. The van der Waals surface area contributed by atoms with Gasteiger partial charge in [-0.15, -0.1) is 0 Å². The third kappa shape index (κ3) is 3.01. The van der Waals surface area contributed by atoms with E-state index in [4.69, 9.17) is 0 Å². The van der Waals surface area contributed by atoms with E-state index in [-0.39, 0.29) is 5.92 Å². The number of carboxylic acid groups (broad SMARTS) is 1. The van der Waals surface area contributed by atoms with Crippen molar-refractivity contribution in [1.82, 2.24) is 0 Å². The molecule has 2 N–H and O–H groups in total. The van der Waals surface area contributed by atoms with E-state index >= 15 is 0 Å². The molecule has 1 rings (SSSR count). The molecule has 0 aromatic heterocycles. The van der Waals surface area contributed by atoms with Gasteiger partial charge in [0.25, 0.3) is 0 Å². The van der Waals surface area contributed by atoms with Crippen LogP contribution in [0.2, 0.25) is 0 Å². The highest BCUT2D eigenvalue weighted by Crippen LogP contribution is 2.43. The van der Waals surface area contributed by atoms with Crippen LogP contribution in [0.1, 0.15) is 59.3 Å². The molecule has 0 aromatic rings. The summed E-state index contributed by atoms with van der Waals surface area (Å²) in [6.07, 6.45) is 5.13. The molecule has 17 heavy (non-hydrogen) atoms. The Kier molecular flexibility index (Phi) is 4.99. The van der Waals surface area contributed by atoms with Gasteiger partial charge in [0.15, 0.2) is 0 Å². The monoisotopic (exact) mass is 242 g/mol. The molecule has 4 atom stereocenters. The van der Waals surface area contributed by atoms with Gasteiger partial charge in [-0.1, -0.05) is 46.5 Å². The van der Waals surface area contributed by atoms with Crippen molar-refractivity contribution >= 4 is 5.97 Å². The predicted molar refractivity (Wildman–Crippen MR) is 67.8 cm³/mol. The standard InChI is InChI=1S/C14H26O3/c1-4-5-8-12(13(15)16)14(17)9-6-7-10(2)11(14)3/h10-12,17H,4-9H2,1-3H3,(H,15,16). The van der Waals surface area contributed by atoms with Crippen LogP contribution in [-0.4, -0.2) is 21.8 Å². The van der Waals surface area contributed by atoms with Crippen LogP contribution in [0.15, 0.2) is 0 Å². The quantitative estimate of drug-likeness (QED) is 0.779. The van der Waals surface area contributed by atoms with Crippen LogP contribution in [0.4, 0.5) is 0 Å². The average molecular weight is 242 g/mol. The normalized spacial score (nSPS) is 35.5. The minimum atomic E-state index is -1.00. The first-order valence-electron chi connectivity index (χ1n) is 6.88. The molecule has 0 saturated heterocycles. The number of rotatable bonds is 5. The van der Waals surface area contributed by atoms with Gasteiger partial charge in [0.1, 0.15) is 0 Å². The van der Waals surface area contributed by atoms with Crippen molar-refractivity contribution in [1.29, 1.82) is 0 Å². The summed E-state index contributed by atoms with van der Waals surface area (Å²) in [4.78, 5) is 11.4. The van der Waals surface area contributed by atoms with Crippen LogP contribution >= 0.6 is 0 Å². The number of unbranched alkanes of at least 4 members (excludes halogenated alkanes) is 1. The summed E-state index contributed by atoms with van der Waals surface area (Å²) in [5, 5.41) is 20.1. The Labute approximate surface area is 104 Å². The number of aliphatic carboxylic acids is 1. The summed E-state index contributed by atoms with van der Waals surface area (Å²) in [6.45, 7) is 6.18. The van der Waals surface area contributed by atoms with E-state index in [1.54, 1.807) is 0 Å². The Balaban J connectivity index is 2.85. The second kappa shape index (κ2) is 5.85. The second-order valence-electron chi connectivity index (χ2n) is 5.68. The minimum Gasteiger partial charge on any atom is -0.481 e. The van der Waals surface area contributed by atoms with Gasteiger partial charge in [-0.05, 0) is 24.7 Å². The zero-order valence-corrected chi connectivity index (χ0v) is 11.3. The first kappa shape index (κ1) is 14.5. The molecule has 4 unspecified atom stereocenters. The Morgan fingerprint density at radius 3 is 2.65 bits per heavy atom. The molecule has 100 valence electrons. The lowest BCUT2D eigenvalue weighted by atomic mass is 9.64. The predicted octanol–water partition coefficient (Wildman–Crippen LogP) is 3.06. The van der Waals surface area contributed by atoms with Crippen molar-refractivity contribution in [2.24, 2.45) is 17.8 Å². The lowest BCUT2D eigenvalue weighted by Gasteiger charge is -2.45. The summed E-state index contributed by atoms with van der Waals surface area (Å²) in [5.74, 6) is -0.937. The number of hydrogen-bond acceptors (Lipinski definition) is 2. The number of carbonyl (C=O) groups is 1. The number of hydrogen-bond donors (Lipinski definition) is 2. The molecule has 1 fully saturated rings. The molecule has 3 nitrogen and oxygen atoms in total. The topological polar surface area (TPSA) is 57.5 Å². The maximum Gasteiger partial charge on any atom is 0.309 e. The molecule has 3 heteroatoms. The summed E-state index contributed by atoms with van der Waals surface area (Å²) < 4.78 is 0. The fraction of sp³-hybridized carbons (Fsp3) is 0.929. The van der Waals surface area contributed by atoms with Crippen molar-refractivity contribution in [3.63, 3.8) is 0 Å². The molecular weight excluding hydrogens is 216 g/mol. The maximum atomic E-state index is 11.4. The van der Waals surface area contributed by atoms with Crippen molar-refractivity contribution in [3.05, 3.63) is 0 Å². The summed E-state index contributed by atoms with van der Waals surface area (Å²) in [6, 6.07) is 0. The maximum absolute atomic E-state index is 11.4. The molecule has 1 saturated carbocycles. The van der Waals surface area contributed by atoms with E-state index in [9.17, 15) is 15.0 Å². The van der Waals surface area contributed by atoms with Crippen molar-refractivity contribution in [3.8, 4) is 0 Å². The number of carboxylic acids is 1. The van der Waals surface area contributed by atoms with Crippen LogP contribution in [0, 0.1) is 17.8 Å². The van der Waals surface area contributed by atoms with E-state index in [2.05, 4.69) is 13.8 Å². The van der Waals surface area contributed by atoms with E-state index < -0.39 is 17.5 Å². The summed E-state index contributed by atoms with van der Waals surface area (Å²) in [7, 11) is 0.